The topological polar surface area (TPSA) is 97.1 Å². The Labute approximate surface area is 76.4 Å². The molecule has 7 heteroatoms. The van der Waals surface area contributed by atoms with Gasteiger partial charge in [-0.1, -0.05) is 0 Å². The fourth-order valence-corrected chi connectivity index (χ4v) is 1.15. The first kappa shape index (κ1) is 9.75. The van der Waals surface area contributed by atoms with E-state index in [-0.39, 0.29) is 5.82 Å². The van der Waals surface area contributed by atoms with Crippen LogP contribution in [-0.2, 0) is 10.2 Å². The molecule has 0 aliphatic carbocycles. The van der Waals surface area contributed by atoms with Gasteiger partial charge in [0.15, 0.2) is 0 Å². The van der Waals surface area contributed by atoms with Crippen molar-refractivity contribution in [2.45, 2.75) is 0 Å². The first-order valence-electron chi connectivity index (χ1n) is 3.46. The zero-order valence-corrected chi connectivity index (χ0v) is 7.80. The van der Waals surface area contributed by atoms with Crippen LogP contribution in [0, 0.1) is 0 Å². The third kappa shape index (κ3) is 2.88. The summed E-state index contributed by atoms with van der Waals surface area (Å²) in [6, 6.07) is 3.03. The molecule has 6 nitrogen and oxygen atoms in total. The van der Waals surface area contributed by atoms with Gasteiger partial charge in [-0.25, -0.2) is 9.71 Å². The Balaban J connectivity index is 2.82. The molecule has 0 unspecified atom stereocenters. The molecule has 1 heterocycles. The third-order valence-corrected chi connectivity index (χ3v) is 2.31. The van der Waals surface area contributed by atoms with Gasteiger partial charge in [0.1, 0.15) is 5.82 Å². The van der Waals surface area contributed by atoms with Crippen LogP contribution in [-0.4, -0.2) is 20.4 Å². The van der Waals surface area contributed by atoms with Gasteiger partial charge in [-0.15, -0.1) is 0 Å². The second kappa shape index (κ2) is 3.58. The summed E-state index contributed by atoms with van der Waals surface area (Å²) >= 11 is 0. The fourth-order valence-electron chi connectivity index (χ4n) is 0.654. The van der Waals surface area contributed by atoms with Crippen LogP contribution in [0.25, 0.3) is 0 Å². The van der Waals surface area contributed by atoms with Crippen LogP contribution < -0.4 is 15.2 Å². The first-order chi connectivity index (χ1) is 6.03. The molecule has 0 radical (unpaired) electrons. The van der Waals surface area contributed by atoms with Crippen molar-refractivity contribution in [2.24, 2.45) is 0 Å². The Kier molecular flexibility index (Phi) is 2.69. The Morgan fingerprint density at radius 1 is 1.46 bits per heavy atom. The molecule has 0 bridgehead atoms. The second-order valence-electron chi connectivity index (χ2n) is 2.29. The maximum absolute atomic E-state index is 11.0. The van der Waals surface area contributed by atoms with Gasteiger partial charge in [0, 0.05) is 7.05 Å². The molecule has 0 aliphatic heterocycles. The number of rotatable bonds is 3. The normalized spacial score (nSPS) is 11.2. The standard InChI is InChI=1S/C6H10N4O2S/c1-8-13(11,12)10-6-3-2-5(7)4-9-6/h2-4,8H,7H2,1H3,(H,9,10). The predicted octanol–water partition coefficient (Wildman–Crippen LogP) is -0.460. The van der Waals surface area contributed by atoms with Crippen LogP contribution in [0.5, 0.6) is 0 Å². The van der Waals surface area contributed by atoms with Gasteiger partial charge in [-0.3, -0.25) is 4.72 Å². The van der Waals surface area contributed by atoms with Crippen molar-refractivity contribution in [2.75, 3.05) is 17.5 Å². The number of nitrogens with one attached hydrogen (secondary N) is 2. The lowest BCUT2D eigenvalue weighted by Crippen LogP contribution is -2.26. The molecule has 0 spiro atoms. The Hall–Kier alpha value is -1.34. The Bertz CT molecular complexity index is 372. The van der Waals surface area contributed by atoms with E-state index in [0.29, 0.717) is 5.69 Å². The van der Waals surface area contributed by atoms with Gasteiger partial charge in [0.05, 0.1) is 11.9 Å². The monoisotopic (exact) mass is 202 g/mol. The van der Waals surface area contributed by atoms with E-state index in [2.05, 4.69) is 14.4 Å². The molecular weight excluding hydrogens is 192 g/mol. The number of anilines is 2. The fraction of sp³-hybridized carbons (Fsp3) is 0.167. The predicted molar refractivity (Wildman–Crippen MR) is 50.3 cm³/mol. The summed E-state index contributed by atoms with van der Waals surface area (Å²) < 4.78 is 26.2. The number of nitrogens with two attached hydrogens (primary N) is 1. The highest BCUT2D eigenvalue weighted by Crippen LogP contribution is 2.06. The molecule has 0 saturated heterocycles. The zero-order valence-electron chi connectivity index (χ0n) is 6.98. The summed E-state index contributed by atoms with van der Waals surface area (Å²) in [6.45, 7) is 0. The van der Waals surface area contributed by atoms with Crippen LogP contribution in [0.1, 0.15) is 0 Å². The average Bonchev–Trinajstić information content (AvgIpc) is 2.09. The van der Waals surface area contributed by atoms with Crippen LogP contribution in [0.4, 0.5) is 11.5 Å². The van der Waals surface area contributed by atoms with Crippen LogP contribution >= 0.6 is 0 Å². The third-order valence-electron chi connectivity index (χ3n) is 1.29. The summed E-state index contributed by atoms with van der Waals surface area (Å²) in [7, 11) is -2.18. The van der Waals surface area contributed by atoms with E-state index in [1.807, 2.05) is 0 Å². The van der Waals surface area contributed by atoms with Crippen molar-refractivity contribution in [1.29, 1.82) is 0 Å². The average molecular weight is 202 g/mol. The minimum absolute atomic E-state index is 0.226. The maximum Gasteiger partial charge on any atom is 0.300 e. The molecule has 0 saturated carbocycles. The van der Waals surface area contributed by atoms with E-state index in [0.717, 1.165) is 0 Å². The van der Waals surface area contributed by atoms with Crippen LogP contribution in [0.15, 0.2) is 18.3 Å². The largest absolute Gasteiger partial charge is 0.397 e. The van der Waals surface area contributed by atoms with Gasteiger partial charge in [0.25, 0.3) is 10.2 Å². The van der Waals surface area contributed by atoms with Crippen molar-refractivity contribution < 1.29 is 8.42 Å². The van der Waals surface area contributed by atoms with E-state index < -0.39 is 10.2 Å². The van der Waals surface area contributed by atoms with Gasteiger partial charge in [-0.05, 0) is 12.1 Å². The zero-order chi connectivity index (χ0) is 9.90. The minimum Gasteiger partial charge on any atom is -0.397 e. The molecule has 4 N–H and O–H groups in total. The second-order valence-corrected chi connectivity index (χ2v) is 3.91. The molecule has 1 rings (SSSR count). The highest BCUT2D eigenvalue weighted by Gasteiger charge is 2.05. The lowest BCUT2D eigenvalue weighted by atomic mass is 10.4. The molecule has 0 atom stereocenters. The number of aromatic nitrogens is 1. The highest BCUT2D eigenvalue weighted by molar-refractivity contribution is 7.90. The van der Waals surface area contributed by atoms with Gasteiger partial charge in [0.2, 0.25) is 0 Å². The van der Waals surface area contributed by atoms with Crippen molar-refractivity contribution in [3.63, 3.8) is 0 Å². The smallest absolute Gasteiger partial charge is 0.300 e. The summed E-state index contributed by atoms with van der Waals surface area (Å²) in [4.78, 5) is 3.76. The van der Waals surface area contributed by atoms with E-state index in [1.165, 1.54) is 19.3 Å². The van der Waals surface area contributed by atoms with E-state index in [4.69, 9.17) is 5.73 Å². The molecule has 1 aromatic heterocycles. The van der Waals surface area contributed by atoms with Crippen molar-refractivity contribution >= 4 is 21.7 Å². The number of hydrogen-bond donors (Lipinski definition) is 3. The summed E-state index contributed by atoms with van der Waals surface area (Å²) in [6.07, 6.45) is 1.37. The quantitative estimate of drug-likeness (QED) is 0.617. The summed E-state index contributed by atoms with van der Waals surface area (Å²) in [5.74, 6) is 0.226. The lowest BCUT2D eigenvalue weighted by molar-refractivity contribution is 0.593. The molecule has 13 heavy (non-hydrogen) atoms. The highest BCUT2D eigenvalue weighted by atomic mass is 32.2. The van der Waals surface area contributed by atoms with Crippen molar-refractivity contribution in [3.05, 3.63) is 18.3 Å². The summed E-state index contributed by atoms with van der Waals surface area (Å²) in [5, 5.41) is 0. The van der Waals surface area contributed by atoms with E-state index in [9.17, 15) is 8.42 Å². The van der Waals surface area contributed by atoms with Crippen molar-refractivity contribution in [3.8, 4) is 0 Å². The Morgan fingerprint density at radius 2 is 2.15 bits per heavy atom. The van der Waals surface area contributed by atoms with Gasteiger partial charge < -0.3 is 5.73 Å². The summed E-state index contributed by atoms with van der Waals surface area (Å²) in [5.41, 5.74) is 5.85. The molecule has 72 valence electrons. The van der Waals surface area contributed by atoms with Crippen molar-refractivity contribution in [1.82, 2.24) is 9.71 Å². The molecule has 0 amide bonds. The van der Waals surface area contributed by atoms with Crippen LogP contribution in [0.3, 0.4) is 0 Å². The molecule has 0 aliphatic rings. The molecular formula is C6H10N4O2S. The number of nitrogens with zero attached hydrogens (tertiary/aromatic N) is 1. The minimum atomic E-state index is -3.49. The maximum atomic E-state index is 11.0. The molecule has 0 fully saturated rings. The van der Waals surface area contributed by atoms with Gasteiger partial charge >= 0.3 is 0 Å². The molecule has 1 aromatic rings. The number of pyridine rings is 1. The first-order valence-corrected chi connectivity index (χ1v) is 4.94. The number of hydrogen-bond acceptors (Lipinski definition) is 4. The SMILES string of the molecule is CNS(=O)(=O)Nc1ccc(N)cn1. The Morgan fingerprint density at radius 3 is 2.62 bits per heavy atom. The van der Waals surface area contributed by atoms with E-state index >= 15 is 0 Å². The molecule has 0 aromatic carbocycles. The lowest BCUT2D eigenvalue weighted by Gasteiger charge is -2.04. The van der Waals surface area contributed by atoms with E-state index in [1.54, 1.807) is 6.07 Å². The van der Waals surface area contributed by atoms with Crippen LogP contribution in [0.2, 0.25) is 0 Å². The number of nitrogen functional groups attached to an aromatic ring is 1. The van der Waals surface area contributed by atoms with Gasteiger partial charge in [-0.2, -0.15) is 8.42 Å².